The Morgan fingerprint density at radius 2 is 2.13 bits per heavy atom. The van der Waals surface area contributed by atoms with Gasteiger partial charge in [-0.3, -0.25) is 5.10 Å². The summed E-state index contributed by atoms with van der Waals surface area (Å²) in [6.45, 7) is 3.24. The van der Waals surface area contributed by atoms with Crippen LogP contribution >= 0.6 is 23.1 Å². The van der Waals surface area contributed by atoms with Crippen molar-refractivity contribution in [2.45, 2.75) is 28.9 Å². The summed E-state index contributed by atoms with van der Waals surface area (Å²) < 4.78 is 1.13. The van der Waals surface area contributed by atoms with Gasteiger partial charge in [0.1, 0.15) is 0 Å². The minimum atomic E-state index is -0.590. The molecule has 0 radical (unpaired) electrons. The van der Waals surface area contributed by atoms with Gasteiger partial charge in [0.05, 0.1) is 33.2 Å². The van der Waals surface area contributed by atoms with Crippen molar-refractivity contribution >= 4 is 45.2 Å². The number of pyridine rings is 1. The van der Waals surface area contributed by atoms with Crippen molar-refractivity contribution < 1.29 is 5.11 Å². The van der Waals surface area contributed by atoms with Crippen molar-refractivity contribution in [2.24, 2.45) is 0 Å². The number of nitrogens with zero attached hydrogens (tertiary/aromatic N) is 3. The molecule has 6 rings (SSSR count). The monoisotopic (exact) mass is 434 g/mol. The number of imidazole rings is 1. The highest BCUT2D eigenvalue weighted by Crippen LogP contribution is 2.43. The Hall–Kier alpha value is -2.72. The van der Waals surface area contributed by atoms with Gasteiger partial charge in [-0.25, -0.2) is 9.97 Å². The zero-order valence-corrected chi connectivity index (χ0v) is 17.7. The van der Waals surface area contributed by atoms with Crippen LogP contribution in [0.3, 0.4) is 0 Å². The summed E-state index contributed by atoms with van der Waals surface area (Å²) >= 11 is 3.31. The first-order valence-electron chi connectivity index (χ1n) is 9.65. The van der Waals surface area contributed by atoms with Gasteiger partial charge in [0.2, 0.25) is 0 Å². The summed E-state index contributed by atoms with van der Waals surface area (Å²) in [4.78, 5) is 13.9. The molecule has 1 atom stereocenters. The molecule has 9 heteroatoms. The molecule has 0 aliphatic carbocycles. The summed E-state index contributed by atoms with van der Waals surface area (Å²) in [5.41, 5.74) is 6.77. The lowest BCUT2D eigenvalue weighted by atomic mass is 9.95. The van der Waals surface area contributed by atoms with Crippen molar-refractivity contribution in [3.05, 3.63) is 53.3 Å². The highest BCUT2D eigenvalue weighted by Gasteiger charge is 2.27. The van der Waals surface area contributed by atoms with Crippen LogP contribution in [0.25, 0.3) is 32.5 Å². The lowest BCUT2D eigenvalue weighted by molar-refractivity contribution is 0.165. The number of hydrogen-bond donors (Lipinski definition) is 4. The number of aryl methyl sites for hydroxylation is 1. The molecular formula is C21H18N6OS2. The van der Waals surface area contributed by atoms with Crippen LogP contribution in [-0.4, -0.2) is 36.8 Å². The lowest BCUT2D eigenvalue weighted by Gasteiger charge is -2.24. The molecule has 7 nitrogen and oxygen atoms in total. The molecule has 5 heterocycles. The number of rotatable bonds is 3. The van der Waals surface area contributed by atoms with Crippen molar-refractivity contribution in [1.82, 2.24) is 30.5 Å². The number of thiophene rings is 1. The van der Waals surface area contributed by atoms with Crippen molar-refractivity contribution in [2.75, 3.05) is 6.54 Å². The molecule has 1 unspecified atom stereocenters. The average molecular weight is 435 g/mol. The van der Waals surface area contributed by atoms with Crippen LogP contribution in [0.5, 0.6) is 0 Å². The van der Waals surface area contributed by atoms with E-state index in [0.29, 0.717) is 13.1 Å². The molecule has 0 bridgehead atoms. The maximum Gasteiger partial charge on any atom is 0.172 e. The summed E-state index contributed by atoms with van der Waals surface area (Å²) in [5.74, 6) is 0. The van der Waals surface area contributed by atoms with Gasteiger partial charge in [0.25, 0.3) is 0 Å². The molecule has 4 aromatic heterocycles. The number of nitrogens with one attached hydrogen (secondary N) is 3. The summed E-state index contributed by atoms with van der Waals surface area (Å²) in [5, 5.41) is 22.9. The standard InChI is InChI=1S/C21H18N6OS2/c1-10-2-3-12-13(6-10)26-21(25-12)30-17-5-4-16(29-17)18-11-7-23-27-20(11)24-14-8-22-9-15(28)19(14)18/h2-7,15,22,28H,8-9H2,1H3,(H,25,26)(H,23,24,27). The molecule has 5 aromatic rings. The van der Waals surface area contributed by atoms with E-state index in [1.54, 1.807) is 29.3 Å². The van der Waals surface area contributed by atoms with Crippen LogP contribution in [0, 0.1) is 6.92 Å². The summed E-state index contributed by atoms with van der Waals surface area (Å²) in [6.07, 6.45) is 1.20. The van der Waals surface area contributed by atoms with Gasteiger partial charge in [0, 0.05) is 34.5 Å². The van der Waals surface area contributed by atoms with Crippen LogP contribution < -0.4 is 5.32 Å². The van der Waals surface area contributed by atoms with E-state index in [2.05, 4.69) is 56.7 Å². The molecule has 0 fully saturated rings. The topological polar surface area (TPSA) is 103 Å². The maximum absolute atomic E-state index is 10.7. The Labute approximate surface area is 180 Å². The highest BCUT2D eigenvalue weighted by molar-refractivity contribution is 8.01. The third-order valence-corrected chi connectivity index (χ3v) is 7.44. The summed E-state index contributed by atoms with van der Waals surface area (Å²) in [7, 11) is 0. The normalized spacial score (nSPS) is 16.4. The van der Waals surface area contributed by atoms with Crippen LogP contribution in [-0.2, 0) is 6.54 Å². The predicted octanol–water partition coefficient (Wildman–Crippen LogP) is 4.16. The van der Waals surface area contributed by atoms with Gasteiger partial charge in [-0.1, -0.05) is 6.07 Å². The van der Waals surface area contributed by atoms with Crippen molar-refractivity contribution in [1.29, 1.82) is 0 Å². The smallest absolute Gasteiger partial charge is 0.172 e. The fraction of sp³-hybridized carbons (Fsp3) is 0.190. The molecule has 4 N–H and O–H groups in total. The minimum Gasteiger partial charge on any atom is -0.387 e. The first-order chi connectivity index (χ1) is 14.7. The Bertz CT molecular complexity index is 1400. The fourth-order valence-electron chi connectivity index (χ4n) is 3.97. The van der Waals surface area contributed by atoms with Gasteiger partial charge in [-0.15, -0.1) is 11.3 Å². The van der Waals surface area contributed by atoms with E-state index < -0.39 is 6.10 Å². The molecule has 1 aliphatic heterocycles. The van der Waals surface area contributed by atoms with Crippen molar-refractivity contribution in [3.63, 3.8) is 0 Å². The van der Waals surface area contributed by atoms with Crippen LogP contribution in [0.1, 0.15) is 22.9 Å². The number of benzene rings is 1. The Kier molecular flexibility index (Phi) is 4.17. The second-order valence-electron chi connectivity index (χ2n) is 7.41. The number of aliphatic hydroxyl groups excluding tert-OH is 1. The highest BCUT2D eigenvalue weighted by atomic mass is 32.2. The molecule has 1 aliphatic rings. The van der Waals surface area contributed by atoms with Crippen LogP contribution in [0.4, 0.5) is 0 Å². The number of H-pyrrole nitrogens is 2. The Morgan fingerprint density at radius 1 is 1.20 bits per heavy atom. The van der Waals surface area contributed by atoms with E-state index >= 15 is 0 Å². The van der Waals surface area contributed by atoms with Crippen LogP contribution in [0.15, 0.2) is 45.9 Å². The number of aliphatic hydroxyl groups is 1. The number of fused-ring (bicyclic) bond motifs is 3. The van der Waals surface area contributed by atoms with Gasteiger partial charge in [0.15, 0.2) is 10.8 Å². The first-order valence-corrected chi connectivity index (χ1v) is 11.3. The Morgan fingerprint density at radius 3 is 3.07 bits per heavy atom. The predicted molar refractivity (Wildman–Crippen MR) is 119 cm³/mol. The molecule has 150 valence electrons. The largest absolute Gasteiger partial charge is 0.387 e. The van der Waals surface area contributed by atoms with E-state index in [1.165, 1.54) is 5.56 Å². The second kappa shape index (κ2) is 6.92. The number of aromatic nitrogens is 5. The zero-order valence-electron chi connectivity index (χ0n) is 16.1. The van der Waals surface area contributed by atoms with E-state index in [-0.39, 0.29) is 0 Å². The summed E-state index contributed by atoms with van der Waals surface area (Å²) in [6, 6.07) is 10.4. The first kappa shape index (κ1) is 18.1. The fourth-order valence-corrected chi connectivity index (χ4v) is 6.09. The number of hydrogen-bond acceptors (Lipinski definition) is 7. The van der Waals surface area contributed by atoms with Crippen LogP contribution in [0.2, 0.25) is 0 Å². The maximum atomic E-state index is 10.7. The van der Waals surface area contributed by atoms with Gasteiger partial charge in [-0.05, 0) is 48.5 Å². The average Bonchev–Trinajstić information content (AvgIpc) is 3.45. The number of β-amino-alcohol motifs (C(OH)–C–C–N with tert-alkyl or cyclic N) is 1. The Balaban J connectivity index is 1.42. The van der Waals surface area contributed by atoms with Gasteiger partial charge < -0.3 is 15.4 Å². The third kappa shape index (κ3) is 2.93. The zero-order chi connectivity index (χ0) is 20.2. The third-order valence-electron chi connectivity index (χ3n) is 5.32. The molecule has 0 saturated heterocycles. The quantitative estimate of drug-likeness (QED) is 0.340. The second-order valence-corrected chi connectivity index (χ2v) is 9.78. The molecular weight excluding hydrogens is 416 g/mol. The lowest BCUT2D eigenvalue weighted by Crippen LogP contribution is -2.29. The van der Waals surface area contributed by atoms with Gasteiger partial charge in [-0.2, -0.15) is 5.10 Å². The van der Waals surface area contributed by atoms with E-state index in [1.807, 2.05) is 6.07 Å². The van der Waals surface area contributed by atoms with Crippen molar-refractivity contribution in [3.8, 4) is 10.4 Å². The SMILES string of the molecule is Cc1ccc2nc(Sc3ccc(-c4c5c(nc6[nH]ncc46)CNCC5O)s3)[nH]c2c1. The van der Waals surface area contributed by atoms with E-state index in [0.717, 1.165) is 53.1 Å². The van der Waals surface area contributed by atoms with E-state index in [4.69, 9.17) is 4.98 Å². The number of aromatic amines is 2. The minimum absolute atomic E-state index is 0.524. The molecule has 30 heavy (non-hydrogen) atoms. The molecule has 0 amide bonds. The molecule has 1 aromatic carbocycles. The van der Waals surface area contributed by atoms with Gasteiger partial charge >= 0.3 is 0 Å². The molecule has 0 saturated carbocycles. The molecule has 0 spiro atoms. The van der Waals surface area contributed by atoms with E-state index in [9.17, 15) is 5.11 Å².